The van der Waals surface area contributed by atoms with E-state index in [2.05, 4.69) is 10.2 Å². The fourth-order valence-corrected chi connectivity index (χ4v) is 4.63. The molecule has 1 aromatic heterocycles. The van der Waals surface area contributed by atoms with Gasteiger partial charge in [0, 0.05) is 19.7 Å². The number of piperidine rings is 1. The number of hydrogen-bond donors (Lipinski definition) is 0. The number of hydrogen-bond acceptors (Lipinski definition) is 5. The summed E-state index contributed by atoms with van der Waals surface area (Å²) in [4.78, 5) is 0.242. The van der Waals surface area contributed by atoms with Crippen LogP contribution >= 0.6 is 0 Å². The molecule has 0 aliphatic carbocycles. The average Bonchev–Trinajstić information content (AvgIpc) is 3.01. The summed E-state index contributed by atoms with van der Waals surface area (Å²) in [7, 11) is -0.258. The lowest BCUT2D eigenvalue weighted by Gasteiger charge is -2.33. The van der Waals surface area contributed by atoms with Crippen LogP contribution in [0.3, 0.4) is 0 Å². The van der Waals surface area contributed by atoms with E-state index in [1.54, 1.807) is 35.2 Å². The Kier molecular flexibility index (Phi) is 4.36. The molecule has 0 saturated carbocycles. The highest BCUT2D eigenvalue weighted by Gasteiger charge is 2.36. The van der Waals surface area contributed by atoms with E-state index in [0.717, 1.165) is 19.3 Å². The molecule has 3 rings (SSSR count). The Bertz CT molecular complexity index is 788. The van der Waals surface area contributed by atoms with Gasteiger partial charge in [0.15, 0.2) is 5.82 Å². The van der Waals surface area contributed by atoms with E-state index >= 15 is 0 Å². The Hall–Kier alpha value is -1.93. The summed E-state index contributed by atoms with van der Waals surface area (Å²) in [5, 5.41) is 8.00. The van der Waals surface area contributed by atoms with Crippen LogP contribution in [-0.4, -0.2) is 41.1 Å². The summed E-state index contributed by atoms with van der Waals surface area (Å²) in [6.45, 7) is 0.483. The zero-order chi connectivity index (χ0) is 16.4. The third-order valence-electron chi connectivity index (χ3n) is 4.15. The van der Waals surface area contributed by atoms with Gasteiger partial charge in [-0.3, -0.25) is 0 Å². The predicted octanol–water partition coefficient (Wildman–Crippen LogP) is 1.74. The monoisotopic (exact) mass is 336 g/mol. The summed E-state index contributed by atoms with van der Waals surface area (Å²) in [6, 6.07) is 6.28. The van der Waals surface area contributed by atoms with E-state index in [0.29, 0.717) is 18.1 Å². The number of sulfonamides is 1. The quantitative estimate of drug-likeness (QED) is 0.850. The molecule has 0 N–H and O–H groups in total. The van der Waals surface area contributed by atoms with Crippen molar-refractivity contribution < 1.29 is 13.2 Å². The van der Waals surface area contributed by atoms with E-state index in [9.17, 15) is 8.42 Å². The van der Waals surface area contributed by atoms with E-state index in [4.69, 9.17) is 4.74 Å². The highest BCUT2D eigenvalue weighted by Crippen LogP contribution is 2.34. The highest BCUT2D eigenvalue weighted by molar-refractivity contribution is 7.89. The first kappa shape index (κ1) is 15.9. The van der Waals surface area contributed by atoms with Gasteiger partial charge in [-0.15, -0.1) is 10.2 Å². The Balaban J connectivity index is 2.00. The molecule has 0 bridgehead atoms. The number of benzene rings is 1. The van der Waals surface area contributed by atoms with Crippen LogP contribution in [0.1, 0.15) is 31.1 Å². The van der Waals surface area contributed by atoms with Crippen molar-refractivity contribution in [2.75, 3.05) is 13.7 Å². The topological polar surface area (TPSA) is 77.3 Å². The zero-order valence-corrected chi connectivity index (χ0v) is 14.0. The maximum Gasteiger partial charge on any atom is 0.243 e. The molecule has 124 valence electrons. The number of rotatable bonds is 4. The van der Waals surface area contributed by atoms with Gasteiger partial charge in [-0.05, 0) is 25.0 Å². The minimum Gasteiger partial charge on any atom is -0.497 e. The number of ether oxygens (including phenoxy) is 1. The summed E-state index contributed by atoms with van der Waals surface area (Å²) in [6.07, 6.45) is 4.16. The Morgan fingerprint density at radius 2 is 2.13 bits per heavy atom. The van der Waals surface area contributed by atoms with E-state index < -0.39 is 10.0 Å². The molecule has 2 aromatic rings. The minimum absolute atomic E-state index is 0.242. The average molecular weight is 336 g/mol. The van der Waals surface area contributed by atoms with Gasteiger partial charge in [-0.1, -0.05) is 12.5 Å². The lowest BCUT2D eigenvalue weighted by Crippen LogP contribution is -2.39. The van der Waals surface area contributed by atoms with Crippen molar-refractivity contribution in [3.8, 4) is 5.75 Å². The van der Waals surface area contributed by atoms with Gasteiger partial charge in [0.1, 0.15) is 12.1 Å². The molecular weight excluding hydrogens is 316 g/mol. The van der Waals surface area contributed by atoms with Gasteiger partial charge >= 0.3 is 0 Å². The second kappa shape index (κ2) is 6.29. The summed E-state index contributed by atoms with van der Waals surface area (Å²) in [5.74, 6) is 1.20. The Morgan fingerprint density at radius 3 is 2.83 bits per heavy atom. The van der Waals surface area contributed by atoms with Gasteiger partial charge < -0.3 is 9.30 Å². The number of aryl methyl sites for hydroxylation is 1. The van der Waals surface area contributed by atoms with E-state index in [1.165, 1.54) is 11.4 Å². The fourth-order valence-electron chi connectivity index (χ4n) is 2.94. The summed E-state index contributed by atoms with van der Waals surface area (Å²) in [5.41, 5.74) is 0. The lowest BCUT2D eigenvalue weighted by atomic mass is 10.0. The van der Waals surface area contributed by atoms with Crippen molar-refractivity contribution in [1.82, 2.24) is 19.1 Å². The van der Waals surface area contributed by atoms with Crippen LogP contribution in [0.2, 0.25) is 0 Å². The van der Waals surface area contributed by atoms with Crippen molar-refractivity contribution in [3.63, 3.8) is 0 Å². The summed E-state index contributed by atoms with van der Waals surface area (Å²) < 4.78 is 34.6. The minimum atomic E-state index is -3.61. The second-order valence-electron chi connectivity index (χ2n) is 5.61. The Labute approximate surface area is 135 Å². The van der Waals surface area contributed by atoms with Gasteiger partial charge in [-0.2, -0.15) is 4.31 Å². The zero-order valence-electron chi connectivity index (χ0n) is 13.2. The van der Waals surface area contributed by atoms with Crippen molar-refractivity contribution in [1.29, 1.82) is 0 Å². The van der Waals surface area contributed by atoms with Crippen molar-refractivity contribution in [2.24, 2.45) is 7.05 Å². The van der Waals surface area contributed by atoms with E-state index in [-0.39, 0.29) is 10.9 Å². The molecule has 1 fully saturated rings. The van der Waals surface area contributed by atoms with Crippen molar-refractivity contribution >= 4 is 10.0 Å². The van der Waals surface area contributed by atoms with Crippen LogP contribution in [-0.2, 0) is 17.1 Å². The first-order valence-corrected chi connectivity index (χ1v) is 8.98. The molecule has 0 amide bonds. The molecule has 1 aromatic carbocycles. The highest BCUT2D eigenvalue weighted by atomic mass is 32.2. The third kappa shape index (κ3) is 2.96. The molecule has 8 heteroatoms. The van der Waals surface area contributed by atoms with Crippen LogP contribution in [0, 0.1) is 0 Å². The number of nitrogens with zero attached hydrogens (tertiary/aromatic N) is 4. The lowest BCUT2D eigenvalue weighted by molar-refractivity contribution is 0.242. The molecule has 1 saturated heterocycles. The summed E-state index contributed by atoms with van der Waals surface area (Å²) >= 11 is 0. The maximum atomic E-state index is 13.1. The fraction of sp³-hybridized carbons (Fsp3) is 0.467. The molecule has 7 nitrogen and oxygen atoms in total. The standard InChI is InChI=1S/C15H20N4O3S/c1-18-11-16-17-15(18)14-8-3-4-9-19(14)23(20,21)13-7-5-6-12(10-13)22-2/h5-7,10-11,14H,3-4,8-9H2,1-2H3/t14-/m1/s1. The first-order valence-electron chi connectivity index (χ1n) is 7.54. The largest absolute Gasteiger partial charge is 0.497 e. The van der Waals surface area contributed by atoms with Crippen molar-refractivity contribution in [3.05, 3.63) is 36.4 Å². The van der Waals surface area contributed by atoms with Crippen LogP contribution < -0.4 is 4.74 Å². The molecular formula is C15H20N4O3S. The molecule has 0 unspecified atom stereocenters. The van der Waals surface area contributed by atoms with Crippen LogP contribution in [0.5, 0.6) is 5.75 Å². The first-order chi connectivity index (χ1) is 11.0. The molecule has 1 aliphatic heterocycles. The Morgan fingerprint density at radius 1 is 1.30 bits per heavy atom. The third-order valence-corrected chi connectivity index (χ3v) is 6.05. The normalized spacial score (nSPS) is 19.7. The predicted molar refractivity (Wildman–Crippen MR) is 84.5 cm³/mol. The SMILES string of the molecule is COc1cccc(S(=O)(=O)N2CCCC[C@@H]2c2nncn2C)c1. The molecule has 2 heterocycles. The number of aromatic nitrogens is 3. The molecule has 1 aliphatic rings. The number of methoxy groups -OCH3 is 1. The second-order valence-corrected chi connectivity index (χ2v) is 7.50. The molecule has 23 heavy (non-hydrogen) atoms. The van der Waals surface area contributed by atoms with Crippen molar-refractivity contribution in [2.45, 2.75) is 30.2 Å². The van der Waals surface area contributed by atoms with E-state index in [1.807, 2.05) is 7.05 Å². The van der Waals surface area contributed by atoms with Gasteiger partial charge in [0.2, 0.25) is 10.0 Å². The maximum absolute atomic E-state index is 13.1. The molecule has 1 atom stereocenters. The molecule has 0 radical (unpaired) electrons. The van der Waals surface area contributed by atoms with Crippen LogP contribution in [0.4, 0.5) is 0 Å². The van der Waals surface area contributed by atoms with Gasteiger partial charge in [-0.25, -0.2) is 8.42 Å². The smallest absolute Gasteiger partial charge is 0.243 e. The van der Waals surface area contributed by atoms with Gasteiger partial charge in [0.25, 0.3) is 0 Å². The molecule has 0 spiro atoms. The van der Waals surface area contributed by atoms with Gasteiger partial charge in [0.05, 0.1) is 18.0 Å². The van der Waals surface area contributed by atoms with Crippen LogP contribution in [0.25, 0.3) is 0 Å². The van der Waals surface area contributed by atoms with Crippen LogP contribution in [0.15, 0.2) is 35.5 Å².